The smallest absolute Gasteiger partial charge is 0.378 e. The summed E-state index contributed by atoms with van der Waals surface area (Å²) >= 11 is 0. The van der Waals surface area contributed by atoms with Gasteiger partial charge in [0.25, 0.3) is 5.91 Å². The van der Waals surface area contributed by atoms with Crippen LogP contribution in [-0.2, 0) is 10.9 Å². The van der Waals surface area contributed by atoms with Crippen molar-refractivity contribution in [1.82, 2.24) is 15.1 Å². The number of alkyl halides is 3. The van der Waals surface area contributed by atoms with Crippen LogP contribution in [0.25, 0.3) is 0 Å². The van der Waals surface area contributed by atoms with Crippen LogP contribution in [-0.4, -0.2) is 73.5 Å². The van der Waals surface area contributed by atoms with E-state index in [0.717, 1.165) is 36.7 Å². The van der Waals surface area contributed by atoms with E-state index in [-0.39, 0.29) is 11.5 Å². The summed E-state index contributed by atoms with van der Waals surface area (Å²) in [5.41, 5.74) is 0.486. The first kappa shape index (κ1) is 20.4. The molecule has 0 spiro atoms. The van der Waals surface area contributed by atoms with Crippen molar-refractivity contribution in [3.05, 3.63) is 47.7 Å². The lowest BCUT2D eigenvalue weighted by Crippen LogP contribution is -2.49. The lowest BCUT2D eigenvalue weighted by Gasteiger charge is -2.36. The molecule has 2 aliphatic heterocycles. The number of anilines is 2. The van der Waals surface area contributed by atoms with Crippen LogP contribution < -0.4 is 9.80 Å². The second-order valence-electron chi connectivity index (χ2n) is 7.23. The number of amides is 1. The van der Waals surface area contributed by atoms with Crippen molar-refractivity contribution < 1.29 is 22.7 Å². The summed E-state index contributed by atoms with van der Waals surface area (Å²) in [6, 6.07) is 6.34. The van der Waals surface area contributed by atoms with E-state index in [4.69, 9.17) is 4.74 Å². The van der Waals surface area contributed by atoms with E-state index in [1.807, 2.05) is 6.07 Å². The third-order valence-corrected chi connectivity index (χ3v) is 5.35. The van der Waals surface area contributed by atoms with Gasteiger partial charge in [-0.15, -0.1) is 5.10 Å². The molecule has 0 saturated carbocycles. The molecule has 2 fully saturated rings. The minimum absolute atomic E-state index is 0.255. The van der Waals surface area contributed by atoms with Crippen LogP contribution in [0.15, 0.2) is 36.5 Å². The highest BCUT2D eigenvalue weighted by Gasteiger charge is 2.31. The Labute approximate surface area is 172 Å². The monoisotopic (exact) mass is 421 g/mol. The number of carbonyl (C=O) groups is 1. The molecule has 0 radical (unpaired) electrons. The zero-order valence-corrected chi connectivity index (χ0v) is 16.3. The largest absolute Gasteiger partial charge is 0.416 e. The zero-order chi connectivity index (χ0) is 21.1. The molecule has 0 bridgehead atoms. The quantitative estimate of drug-likeness (QED) is 0.758. The number of ether oxygens (including phenoxy) is 1. The predicted octanol–water partition coefficient (Wildman–Crippen LogP) is 2.29. The van der Waals surface area contributed by atoms with Gasteiger partial charge in [0, 0.05) is 50.9 Å². The number of hydrogen-bond donors (Lipinski definition) is 0. The van der Waals surface area contributed by atoms with Gasteiger partial charge in [0.2, 0.25) is 0 Å². The molecular formula is C20H22F3N5O2. The van der Waals surface area contributed by atoms with E-state index < -0.39 is 11.7 Å². The molecule has 30 heavy (non-hydrogen) atoms. The third kappa shape index (κ3) is 4.48. The van der Waals surface area contributed by atoms with Crippen LogP contribution in [0.3, 0.4) is 0 Å². The minimum Gasteiger partial charge on any atom is -0.378 e. The Morgan fingerprint density at radius 1 is 0.933 bits per heavy atom. The summed E-state index contributed by atoms with van der Waals surface area (Å²) in [6.07, 6.45) is -2.68. The summed E-state index contributed by atoms with van der Waals surface area (Å²) in [6.45, 7) is 5.06. The van der Waals surface area contributed by atoms with Crippen LogP contribution in [0.1, 0.15) is 15.9 Å². The highest BCUT2D eigenvalue weighted by atomic mass is 19.4. The van der Waals surface area contributed by atoms with Gasteiger partial charge >= 0.3 is 6.18 Å². The maximum absolute atomic E-state index is 12.7. The first-order valence-electron chi connectivity index (χ1n) is 9.79. The minimum atomic E-state index is -4.41. The second kappa shape index (κ2) is 8.47. The average molecular weight is 421 g/mol. The molecule has 1 amide bonds. The van der Waals surface area contributed by atoms with Gasteiger partial charge in [-0.25, -0.2) is 0 Å². The Hall–Kier alpha value is -2.88. The number of carbonyl (C=O) groups excluding carboxylic acids is 1. The number of benzene rings is 1. The fourth-order valence-electron chi connectivity index (χ4n) is 3.62. The van der Waals surface area contributed by atoms with Crippen molar-refractivity contribution in [2.75, 3.05) is 62.3 Å². The van der Waals surface area contributed by atoms with Gasteiger partial charge in [0.05, 0.1) is 30.7 Å². The molecule has 160 valence electrons. The first-order chi connectivity index (χ1) is 14.4. The molecule has 1 aromatic carbocycles. The van der Waals surface area contributed by atoms with E-state index in [0.29, 0.717) is 39.4 Å². The molecule has 3 heterocycles. The molecule has 0 atom stereocenters. The number of halogens is 3. The molecule has 2 aromatic rings. The highest BCUT2D eigenvalue weighted by Crippen LogP contribution is 2.29. The predicted molar refractivity (Wildman–Crippen MR) is 105 cm³/mol. The maximum atomic E-state index is 12.7. The zero-order valence-electron chi connectivity index (χ0n) is 16.3. The summed E-state index contributed by atoms with van der Waals surface area (Å²) < 4.78 is 43.5. The van der Waals surface area contributed by atoms with Crippen LogP contribution >= 0.6 is 0 Å². The molecule has 1 aromatic heterocycles. The maximum Gasteiger partial charge on any atom is 0.416 e. The molecule has 2 aliphatic rings. The summed E-state index contributed by atoms with van der Waals surface area (Å²) in [5.74, 6) is 0.483. The molecule has 4 rings (SSSR count). The van der Waals surface area contributed by atoms with Crippen molar-refractivity contribution in [3.63, 3.8) is 0 Å². The topological polar surface area (TPSA) is 61.8 Å². The van der Waals surface area contributed by atoms with E-state index in [9.17, 15) is 18.0 Å². The Morgan fingerprint density at radius 2 is 1.60 bits per heavy atom. The fraction of sp³-hybridized carbons (Fsp3) is 0.450. The summed E-state index contributed by atoms with van der Waals surface area (Å²) in [7, 11) is 0. The van der Waals surface area contributed by atoms with Crippen LogP contribution in [0, 0.1) is 0 Å². The van der Waals surface area contributed by atoms with Gasteiger partial charge < -0.3 is 19.4 Å². The number of aromatic nitrogens is 2. The van der Waals surface area contributed by atoms with Crippen molar-refractivity contribution in [3.8, 4) is 0 Å². The Balaban J connectivity index is 1.37. The van der Waals surface area contributed by atoms with Gasteiger partial charge in [-0.05, 0) is 24.3 Å². The Morgan fingerprint density at radius 3 is 2.23 bits per heavy atom. The van der Waals surface area contributed by atoms with Gasteiger partial charge in [0.1, 0.15) is 0 Å². The van der Waals surface area contributed by atoms with Gasteiger partial charge in [-0.2, -0.15) is 18.3 Å². The number of piperazine rings is 1. The summed E-state index contributed by atoms with van der Waals surface area (Å²) in [5, 5.41) is 8.34. The van der Waals surface area contributed by atoms with Crippen LogP contribution in [0.2, 0.25) is 0 Å². The molecule has 2 saturated heterocycles. The lowest BCUT2D eigenvalue weighted by atomic mass is 10.1. The Kier molecular flexibility index (Phi) is 5.76. The van der Waals surface area contributed by atoms with Gasteiger partial charge in [0.15, 0.2) is 5.82 Å². The van der Waals surface area contributed by atoms with Crippen LogP contribution in [0.4, 0.5) is 24.7 Å². The molecule has 0 aliphatic carbocycles. The van der Waals surface area contributed by atoms with Crippen molar-refractivity contribution in [2.24, 2.45) is 0 Å². The van der Waals surface area contributed by atoms with Crippen molar-refractivity contribution in [1.29, 1.82) is 0 Å². The molecule has 10 heteroatoms. The molecule has 0 unspecified atom stereocenters. The fourth-order valence-corrected chi connectivity index (χ4v) is 3.62. The number of nitrogens with zero attached hydrogens (tertiary/aromatic N) is 5. The molecule has 0 N–H and O–H groups in total. The lowest BCUT2D eigenvalue weighted by molar-refractivity contribution is -0.137. The van der Waals surface area contributed by atoms with Gasteiger partial charge in [-0.1, -0.05) is 0 Å². The summed E-state index contributed by atoms with van der Waals surface area (Å²) in [4.78, 5) is 18.6. The molecular weight excluding hydrogens is 399 g/mol. The second-order valence-corrected chi connectivity index (χ2v) is 7.23. The van der Waals surface area contributed by atoms with Gasteiger partial charge in [-0.3, -0.25) is 4.79 Å². The van der Waals surface area contributed by atoms with E-state index in [1.165, 1.54) is 12.1 Å². The average Bonchev–Trinajstić information content (AvgIpc) is 2.79. The number of morpholine rings is 1. The van der Waals surface area contributed by atoms with E-state index >= 15 is 0 Å². The Bertz CT molecular complexity index is 877. The standard InChI is InChI=1S/C20H22F3N5O2/c21-20(22,23)16-3-1-15(2-4-16)19(29)28-7-5-27(6-8-28)18-13-17(14-24-25-18)26-9-11-30-12-10-26/h1-4,13-14H,5-12H2. The van der Waals surface area contributed by atoms with Crippen LogP contribution in [0.5, 0.6) is 0 Å². The van der Waals surface area contributed by atoms with E-state index in [2.05, 4.69) is 20.0 Å². The van der Waals surface area contributed by atoms with Crippen molar-refractivity contribution in [2.45, 2.75) is 6.18 Å². The number of rotatable bonds is 3. The first-order valence-corrected chi connectivity index (χ1v) is 9.79. The highest BCUT2D eigenvalue weighted by molar-refractivity contribution is 5.94. The number of hydrogen-bond acceptors (Lipinski definition) is 6. The molecule has 7 nitrogen and oxygen atoms in total. The SMILES string of the molecule is O=C(c1ccc(C(F)(F)F)cc1)N1CCN(c2cc(N3CCOCC3)cnn2)CC1. The van der Waals surface area contributed by atoms with Crippen molar-refractivity contribution >= 4 is 17.4 Å². The normalized spacial score (nSPS) is 17.9. The third-order valence-electron chi connectivity index (χ3n) is 5.35. The van der Waals surface area contributed by atoms with E-state index in [1.54, 1.807) is 11.1 Å².